The molecule has 37 heavy (non-hydrogen) atoms. The molecule has 7 heterocycles. The lowest BCUT2D eigenvalue weighted by Crippen LogP contribution is -2.41. The summed E-state index contributed by atoms with van der Waals surface area (Å²) >= 11 is 0. The molecule has 1 N–H and O–H groups in total. The van der Waals surface area contributed by atoms with Gasteiger partial charge in [0.25, 0.3) is 0 Å². The van der Waals surface area contributed by atoms with Crippen LogP contribution in [0.1, 0.15) is 22.5 Å². The van der Waals surface area contributed by atoms with Crippen LogP contribution in [-0.4, -0.2) is 47.8 Å². The largest absolute Gasteiger partial charge is 0.347 e. The van der Waals surface area contributed by atoms with Crippen molar-refractivity contribution in [2.24, 2.45) is 0 Å². The third-order valence-electron chi connectivity index (χ3n) is 7.35. The molecule has 11 heteroatoms. The monoisotopic (exact) mass is 494 g/mol. The van der Waals surface area contributed by atoms with Gasteiger partial charge in [-0.3, -0.25) is 9.78 Å². The number of imidazole rings is 1. The number of amides is 1. The SMILES string of the molecule is O=C1Nc2nc(-c3cn4ccnc4c(Cc4ccc(F)cc4)n3)nc3c2C1(c1ccc(F)cn1)C1CN31. The van der Waals surface area contributed by atoms with Crippen molar-refractivity contribution in [2.45, 2.75) is 17.9 Å². The molecule has 1 fully saturated rings. The maximum atomic E-state index is 13.6. The molecule has 3 aliphatic heterocycles. The second kappa shape index (κ2) is 6.90. The van der Waals surface area contributed by atoms with E-state index >= 15 is 0 Å². The third-order valence-corrected chi connectivity index (χ3v) is 7.35. The molecule has 1 aromatic carbocycles. The van der Waals surface area contributed by atoms with Gasteiger partial charge in [0.05, 0.1) is 29.2 Å². The van der Waals surface area contributed by atoms with E-state index in [0.29, 0.717) is 58.7 Å². The van der Waals surface area contributed by atoms with Gasteiger partial charge in [-0.15, -0.1) is 0 Å². The average molecular weight is 494 g/mol. The summed E-state index contributed by atoms with van der Waals surface area (Å²) in [5.41, 5.74) is 2.86. The molecule has 0 spiro atoms. The number of nitrogens with one attached hydrogen (secondary N) is 1. The lowest BCUT2D eigenvalue weighted by atomic mass is 9.77. The standard InChI is InChI=1S/C26H16F2N8O/c27-14-3-1-13(2-4-14)9-16-23-29-7-8-35(23)11-17(31-16)21-32-22-20-24(33-21)36-12-19(36)26(20,25(37)34-22)18-6-5-15(28)10-30-18/h1-8,10-11,19H,9,12H2,(H,32,33,34,37). The number of fused-ring (bicyclic) bond motifs is 4. The normalized spacial score (nSPS) is 20.8. The van der Waals surface area contributed by atoms with E-state index in [2.05, 4.69) is 15.3 Å². The Labute approximate surface area is 207 Å². The fraction of sp³-hybridized carbons (Fsp3) is 0.154. The van der Waals surface area contributed by atoms with E-state index in [-0.39, 0.29) is 17.8 Å². The van der Waals surface area contributed by atoms with Crippen LogP contribution in [0.25, 0.3) is 17.2 Å². The lowest BCUT2D eigenvalue weighted by molar-refractivity contribution is -0.119. The van der Waals surface area contributed by atoms with Gasteiger partial charge in [0.1, 0.15) is 34.4 Å². The number of rotatable bonds is 4. The number of nitrogens with zero attached hydrogens (tertiary/aromatic N) is 7. The van der Waals surface area contributed by atoms with Crippen molar-refractivity contribution in [3.63, 3.8) is 0 Å². The molecule has 0 aliphatic carbocycles. The van der Waals surface area contributed by atoms with E-state index < -0.39 is 11.2 Å². The number of anilines is 2. The Kier molecular flexibility index (Phi) is 3.81. The highest BCUT2D eigenvalue weighted by Gasteiger charge is 2.70. The first-order chi connectivity index (χ1) is 18.0. The van der Waals surface area contributed by atoms with Crippen molar-refractivity contribution in [3.8, 4) is 11.5 Å². The van der Waals surface area contributed by atoms with Crippen molar-refractivity contribution >= 4 is 23.2 Å². The summed E-state index contributed by atoms with van der Waals surface area (Å²) in [4.78, 5) is 38.5. The van der Waals surface area contributed by atoms with Crippen molar-refractivity contribution in [3.05, 3.63) is 95.3 Å². The van der Waals surface area contributed by atoms with Crippen molar-refractivity contribution in [1.29, 1.82) is 0 Å². The van der Waals surface area contributed by atoms with Crippen molar-refractivity contribution < 1.29 is 13.6 Å². The van der Waals surface area contributed by atoms with Gasteiger partial charge in [0, 0.05) is 31.6 Å². The Bertz CT molecular complexity index is 1770. The number of hydrogen-bond acceptors (Lipinski definition) is 7. The zero-order valence-electron chi connectivity index (χ0n) is 19.1. The Morgan fingerprint density at radius 2 is 1.86 bits per heavy atom. The van der Waals surface area contributed by atoms with Gasteiger partial charge in [-0.2, -0.15) is 0 Å². The summed E-state index contributed by atoms with van der Waals surface area (Å²) in [6, 6.07) is 8.99. The predicted octanol–water partition coefficient (Wildman–Crippen LogP) is 2.89. The minimum atomic E-state index is -1.06. The van der Waals surface area contributed by atoms with Crippen molar-refractivity contribution in [1.82, 2.24) is 29.3 Å². The number of aromatic nitrogens is 6. The molecule has 5 aromatic rings. The van der Waals surface area contributed by atoms with E-state index in [9.17, 15) is 13.6 Å². The summed E-state index contributed by atoms with van der Waals surface area (Å²) in [5, 5.41) is 2.92. The molecule has 0 radical (unpaired) electrons. The van der Waals surface area contributed by atoms with Gasteiger partial charge in [0.15, 0.2) is 11.5 Å². The van der Waals surface area contributed by atoms with Crippen LogP contribution in [0.5, 0.6) is 0 Å². The second-order valence-corrected chi connectivity index (χ2v) is 9.42. The Hall–Kier alpha value is -4.80. The quantitative estimate of drug-likeness (QED) is 0.384. The molecule has 1 amide bonds. The Morgan fingerprint density at radius 3 is 2.68 bits per heavy atom. The Morgan fingerprint density at radius 1 is 1.03 bits per heavy atom. The first-order valence-corrected chi connectivity index (χ1v) is 11.7. The molecular weight excluding hydrogens is 478 g/mol. The minimum absolute atomic E-state index is 0.149. The molecule has 2 unspecified atom stereocenters. The number of benzene rings is 1. The molecule has 2 atom stereocenters. The summed E-state index contributed by atoms with van der Waals surface area (Å²) in [7, 11) is 0. The van der Waals surface area contributed by atoms with Gasteiger partial charge >= 0.3 is 0 Å². The van der Waals surface area contributed by atoms with Crippen LogP contribution >= 0.6 is 0 Å². The van der Waals surface area contributed by atoms with Gasteiger partial charge in [0.2, 0.25) is 5.91 Å². The van der Waals surface area contributed by atoms with Gasteiger partial charge in [-0.05, 0) is 29.8 Å². The molecule has 9 nitrogen and oxygen atoms in total. The molecule has 0 bridgehead atoms. The average Bonchev–Trinajstić information content (AvgIpc) is 3.30. The fourth-order valence-electron chi connectivity index (χ4n) is 5.65. The predicted molar refractivity (Wildman–Crippen MR) is 128 cm³/mol. The van der Waals surface area contributed by atoms with Crippen LogP contribution in [0.2, 0.25) is 0 Å². The minimum Gasteiger partial charge on any atom is -0.347 e. The topological polar surface area (TPSA) is 101 Å². The fourth-order valence-corrected chi connectivity index (χ4v) is 5.65. The van der Waals surface area contributed by atoms with Crippen LogP contribution in [0.15, 0.2) is 61.2 Å². The van der Waals surface area contributed by atoms with Gasteiger partial charge < -0.3 is 14.6 Å². The molecule has 4 aromatic heterocycles. The zero-order valence-corrected chi connectivity index (χ0v) is 19.1. The van der Waals surface area contributed by atoms with Crippen LogP contribution in [-0.2, 0) is 16.6 Å². The van der Waals surface area contributed by atoms with E-state index in [4.69, 9.17) is 15.0 Å². The highest BCUT2D eigenvalue weighted by Crippen LogP contribution is 2.60. The van der Waals surface area contributed by atoms with E-state index in [1.807, 2.05) is 15.5 Å². The van der Waals surface area contributed by atoms with E-state index in [0.717, 1.165) is 11.8 Å². The number of hydrogen-bond donors (Lipinski definition) is 1. The molecular formula is C26H16F2N8O. The molecule has 8 rings (SSSR count). The summed E-state index contributed by atoms with van der Waals surface area (Å²) in [6.07, 6.45) is 6.86. The zero-order chi connectivity index (χ0) is 24.9. The second-order valence-electron chi connectivity index (χ2n) is 9.42. The number of halogens is 2. The number of carbonyl (C=O) groups is 1. The Balaban J connectivity index is 1.27. The third kappa shape index (κ3) is 2.70. The molecule has 180 valence electrons. The van der Waals surface area contributed by atoms with Gasteiger partial charge in [-0.1, -0.05) is 12.1 Å². The maximum Gasteiger partial charge on any atom is 0.244 e. The van der Waals surface area contributed by atoms with Gasteiger partial charge in [-0.25, -0.2) is 28.7 Å². The number of pyridine rings is 1. The maximum absolute atomic E-state index is 13.6. The first kappa shape index (κ1) is 20.4. The number of carbonyl (C=O) groups excluding carboxylic acids is 1. The summed E-state index contributed by atoms with van der Waals surface area (Å²) in [5.74, 6) is 0.421. The highest BCUT2D eigenvalue weighted by molar-refractivity contribution is 6.13. The lowest BCUT2D eigenvalue weighted by Gasteiger charge is -2.22. The van der Waals surface area contributed by atoms with Crippen LogP contribution in [0.4, 0.5) is 20.4 Å². The van der Waals surface area contributed by atoms with Crippen LogP contribution in [0, 0.1) is 11.6 Å². The summed E-state index contributed by atoms with van der Waals surface area (Å²) < 4.78 is 28.9. The molecule has 0 saturated carbocycles. The highest BCUT2D eigenvalue weighted by atomic mass is 19.1. The van der Waals surface area contributed by atoms with Crippen LogP contribution in [0.3, 0.4) is 0 Å². The molecule has 3 aliphatic rings. The van der Waals surface area contributed by atoms with Crippen molar-refractivity contribution in [2.75, 3.05) is 16.8 Å². The summed E-state index contributed by atoms with van der Waals surface area (Å²) in [6.45, 7) is 0.638. The first-order valence-electron chi connectivity index (χ1n) is 11.7. The van der Waals surface area contributed by atoms with Crippen LogP contribution < -0.4 is 10.2 Å². The molecule has 1 saturated heterocycles. The van der Waals surface area contributed by atoms with E-state index in [1.54, 1.807) is 30.6 Å². The smallest absolute Gasteiger partial charge is 0.244 e. The van der Waals surface area contributed by atoms with E-state index in [1.165, 1.54) is 18.2 Å².